The third kappa shape index (κ3) is 4.42. The predicted octanol–water partition coefficient (Wildman–Crippen LogP) is 3.80. The molecule has 29 heavy (non-hydrogen) atoms. The second kappa shape index (κ2) is 8.48. The Morgan fingerprint density at radius 3 is 2.69 bits per heavy atom. The molecule has 0 atom stereocenters. The number of nitrogens with zero attached hydrogens (tertiary/aromatic N) is 2. The van der Waals surface area contributed by atoms with Gasteiger partial charge < -0.3 is 4.57 Å². The quantitative estimate of drug-likeness (QED) is 0.594. The van der Waals surface area contributed by atoms with Crippen LogP contribution in [0.2, 0.25) is 0 Å². The van der Waals surface area contributed by atoms with Crippen molar-refractivity contribution in [1.29, 1.82) is 0 Å². The van der Waals surface area contributed by atoms with Crippen LogP contribution >= 0.6 is 11.3 Å². The molecule has 1 amide bonds. The van der Waals surface area contributed by atoms with Crippen molar-refractivity contribution in [1.82, 2.24) is 14.3 Å². The number of carbonyl (C=O) groups is 1. The molecule has 0 unspecified atom stereocenters. The number of carbonyl (C=O) groups excluding carboxylic acids is 1. The van der Waals surface area contributed by atoms with Crippen molar-refractivity contribution in [2.24, 2.45) is 0 Å². The van der Waals surface area contributed by atoms with Crippen LogP contribution in [0.5, 0.6) is 0 Å². The number of thiazole rings is 1. The molecule has 154 valence electrons. The van der Waals surface area contributed by atoms with E-state index in [0.29, 0.717) is 5.13 Å². The Hall–Kier alpha value is -2.49. The molecule has 3 aromatic rings. The van der Waals surface area contributed by atoms with Crippen LogP contribution in [0, 0.1) is 13.8 Å². The average Bonchev–Trinajstić information content (AvgIpc) is 3.27. The van der Waals surface area contributed by atoms with Gasteiger partial charge in [0.25, 0.3) is 5.91 Å². The summed E-state index contributed by atoms with van der Waals surface area (Å²) in [5.41, 5.74) is 4.44. The Kier molecular flexibility index (Phi) is 6.21. The van der Waals surface area contributed by atoms with E-state index in [9.17, 15) is 13.2 Å². The lowest BCUT2D eigenvalue weighted by molar-refractivity contribution is 0.102. The van der Waals surface area contributed by atoms with Crippen molar-refractivity contribution in [3.63, 3.8) is 0 Å². The number of nitrogens with one attached hydrogen (secondary N) is 2. The topological polar surface area (TPSA) is 93.1 Å². The molecule has 0 aliphatic rings. The summed E-state index contributed by atoms with van der Waals surface area (Å²) >= 11 is 1.34. The largest absolute Gasteiger partial charge is 0.348 e. The van der Waals surface area contributed by atoms with Crippen LogP contribution in [0.15, 0.2) is 40.6 Å². The van der Waals surface area contributed by atoms with E-state index >= 15 is 0 Å². The molecular formula is C20H24N4O3S2. The Labute approximate surface area is 174 Å². The lowest BCUT2D eigenvalue weighted by Crippen LogP contribution is -2.19. The van der Waals surface area contributed by atoms with E-state index in [1.165, 1.54) is 42.3 Å². The van der Waals surface area contributed by atoms with Crippen molar-refractivity contribution < 1.29 is 13.2 Å². The van der Waals surface area contributed by atoms with Gasteiger partial charge in [0, 0.05) is 34.4 Å². The van der Waals surface area contributed by atoms with Crippen molar-refractivity contribution >= 4 is 32.4 Å². The first kappa shape index (κ1) is 21.2. The smallest absolute Gasteiger partial charge is 0.257 e. The van der Waals surface area contributed by atoms with E-state index < -0.39 is 15.9 Å². The molecule has 7 nitrogen and oxygen atoms in total. The maximum atomic E-state index is 12.6. The van der Waals surface area contributed by atoms with Gasteiger partial charge in [-0.3, -0.25) is 10.1 Å². The third-order valence-electron chi connectivity index (χ3n) is 4.70. The number of benzene rings is 1. The summed E-state index contributed by atoms with van der Waals surface area (Å²) in [6.07, 6.45) is 1.05. The van der Waals surface area contributed by atoms with Crippen LogP contribution in [-0.2, 0) is 16.6 Å². The zero-order valence-corrected chi connectivity index (χ0v) is 18.4. The molecule has 9 heteroatoms. The highest BCUT2D eigenvalue weighted by Crippen LogP contribution is 2.30. The number of hydrogen-bond donors (Lipinski definition) is 2. The first-order chi connectivity index (χ1) is 13.8. The molecule has 0 bridgehead atoms. The zero-order chi connectivity index (χ0) is 21.2. The van der Waals surface area contributed by atoms with Crippen molar-refractivity contribution in [3.05, 3.63) is 52.7 Å². The maximum Gasteiger partial charge on any atom is 0.257 e. The van der Waals surface area contributed by atoms with Gasteiger partial charge in [-0.25, -0.2) is 18.1 Å². The van der Waals surface area contributed by atoms with Gasteiger partial charge in [0.1, 0.15) is 0 Å². The Morgan fingerprint density at radius 2 is 2.00 bits per heavy atom. The van der Waals surface area contributed by atoms with E-state index in [4.69, 9.17) is 0 Å². The van der Waals surface area contributed by atoms with Gasteiger partial charge >= 0.3 is 0 Å². The summed E-state index contributed by atoms with van der Waals surface area (Å²) in [4.78, 5) is 17.2. The number of hydrogen-bond acceptors (Lipinski definition) is 5. The Bertz CT molecular complexity index is 1150. The maximum absolute atomic E-state index is 12.6. The number of aromatic nitrogens is 2. The summed E-state index contributed by atoms with van der Waals surface area (Å²) in [5.74, 6) is -0.407. The zero-order valence-electron chi connectivity index (χ0n) is 16.8. The first-order valence-corrected chi connectivity index (χ1v) is 11.6. The fraction of sp³-hybridized carbons (Fsp3) is 0.300. The number of anilines is 1. The summed E-state index contributed by atoms with van der Waals surface area (Å²) in [5, 5.41) is 5.13. The highest BCUT2D eigenvalue weighted by molar-refractivity contribution is 7.89. The monoisotopic (exact) mass is 432 g/mol. The van der Waals surface area contributed by atoms with E-state index in [1.807, 2.05) is 5.38 Å². The molecule has 0 spiro atoms. The van der Waals surface area contributed by atoms with Crippen LogP contribution in [-0.4, -0.2) is 30.9 Å². The van der Waals surface area contributed by atoms with Gasteiger partial charge in [0.15, 0.2) is 5.13 Å². The number of sulfonamides is 1. The lowest BCUT2D eigenvalue weighted by atomic mass is 10.2. The van der Waals surface area contributed by atoms with Gasteiger partial charge in [-0.1, -0.05) is 13.0 Å². The number of rotatable bonds is 7. The van der Waals surface area contributed by atoms with Gasteiger partial charge in [-0.05, 0) is 51.6 Å². The van der Waals surface area contributed by atoms with E-state index in [-0.39, 0.29) is 10.5 Å². The second-order valence-electron chi connectivity index (χ2n) is 6.66. The van der Waals surface area contributed by atoms with Crippen molar-refractivity contribution in [3.8, 4) is 11.3 Å². The van der Waals surface area contributed by atoms with Gasteiger partial charge in [-0.15, -0.1) is 11.3 Å². The minimum Gasteiger partial charge on any atom is -0.348 e. The molecule has 0 saturated heterocycles. The summed E-state index contributed by atoms with van der Waals surface area (Å²) < 4.78 is 28.4. The van der Waals surface area contributed by atoms with Crippen molar-refractivity contribution in [2.75, 3.05) is 12.4 Å². The fourth-order valence-electron chi connectivity index (χ4n) is 3.17. The molecule has 0 radical (unpaired) electrons. The Morgan fingerprint density at radius 1 is 1.24 bits per heavy atom. The number of amides is 1. The lowest BCUT2D eigenvalue weighted by Gasteiger charge is -2.07. The molecule has 0 aliphatic heterocycles. The highest BCUT2D eigenvalue weighted by Gasteiger charge is 2.17. The van der Waals surface area contributed by atoms with E-state index in [1.54, 1.807) is 6.07 Å². The van der Waals surface area contributed by atoms with Crippen LogP contribution < -0.4 is 10.0 Å². The average molecular weight is 433 g/mol. The minimum atomic E-state index is -3.62. The van der Waals surface area contributed by atoms with Crippen molar-refractivity contribution in [2.45, 2.75) is 38.6 Å². The molecule has 1 aromatic carbocycles. The first-order valence-electron chi connectivity index (χ1n) is 9.24. The molecule has 0 aliphatic carbocycles. The van der Waals surface area contributed by atoms with Gasteiger partial charge in [0.2, 0.25) is 10.0 Å². The second-order valence-corrected chi connectivity index (χ2v) is 9.41. The highest BCUT2D eigenvalue weighted by atomic mass is 32.2. The van der Waals surface area contributed by atoms with Gasteiger partial charge in [0.05, 0.1) is 10.6 Å². The van der Waals surface area contributed by atoms with E-state index in [0.717, 1.165) is 29.9 Å². The van der Waals surface area contributed by atoms with Crippen LogP contribution in [0.4, 0.5) is 5.13 Å². The molecule has 0 saturated carbocycles. The van der Waals surface area contributed by atoms with Gasteiger partial charge in [-0.2, -0.15) is 0 Å². The predicted molar refractivity (Wildman–Crippen MR) is 116 cm³/mol. The third-order valence-corrected chi connectivity index (χ3v) is 6.87. The molecule has 3 rings (SSSR count). The van der Waals surface area contributed by atoms with Crippen LogP contribution in [0.25, 0.3) is 11.3 Å². The summed E-state index contributed by atoms with van der Waals surface area (Å²) in [7, 11) is -2.29. The molecule has 2 N–H and O–H groups in total. The SMILES string of the molecule is CCCn1c(C)cc(-c2csc(NC(=O)c3cccc(S(=O)(=O)NC)c3)n2)c1C. The molecular weight excluding hydrogens is 408 g/mol. The van der Waals surface area contributed by atoms with E-state index in [2.05, 4.69) is 46.4 Å². The number of aryl methyl sites for hydroxylation is 1. The summed E-state index contributed by atoms with van der Waals surface area (Å²) in [6, 6.07) is 7.99. The Balaban J connectivity index is 1.82. The van der Waals surface area contributed by atoms with Crippen LogP contribution in [0.1, 0.15) is 35.1 Å². The standard InChI is InChI=1S/C20H24N4O3S2/c1-5-9-24-13(2)10-17(14(24)3)18-12-28-20(22-18)23-19(25)15-7-6-8-16(11-15)29(26,27)21-4/h6-8,10-12,21H,5,9H2,1-4H3,(H,22,23,25). The molecule has 2 heterocycles. The summed E-state index contributed by atoms with van der Waals surface area (Å²) in [6.45, 7) is 7.25. The van der Waals surface area contributed by atoms with Crippen LogP contribution in [0.3, 0.4) is 0 Å². The normalized spacial score (nSPS) is 11.6. The molecule has 0 fully saturated rings. The molecule has 2 aromatic heterocycles. The minimum absolute atomic E-state index is 0.0378. The fourth-order valence-corrected chi connectivity index (χ4v) is 4.66.